The molecule has 1 unspecified atom stereocenters. The third-order valence-electron chi connectivity index (χ3n) is 4.38. The van der Waals surface area contributed by atoms with Crippen molar-refractivity contribution in [3.05, 3.63) is 32.6 Å². The van der Waals surface area contributed by atoms with Crippen molar-refractivity contribution in [3.63, 3.8) is 0 Å². The molecule has 0 aliphatic heterocycles. The highest BCUT2D eigenvalue weighted by Gasteiger charge is 2.23. The van der Waals surface area contributed by atoms with Gasteiger partial charge in [-0.25, -0.2) is 4.98 Å². The molecule has 3 aromatic heterocycles. The van der Waals surface area contributed by atoms with Crippen LogP contribution in [-0.4, -0.2) is 26.8 Å². The van der Waals surface area contributed by atoms with Crippen LogP contribution in [0.25, 0.3) is 10.2 Å². The first-order valence-electron chi connectivity index (χ1n) is 8.40. The zero-order valence-corrected chi connectivity index (χ0v) is 16.1. The van der Waals surface area contributed by atoms with Crippen molar-refractivity contribution < 1.29 is 9.32 Å². The van der Waals surface area contributed by atoms with Crippen LogP contribution >= 0.6 is 23.1 Å². The number of rotatable bonds is 4. The SMILES string of the molecule is Cc1cc(NC(=O)CSc2nc3sc4c(c3c(=O)[nH]2)CCC(C)C4)no1. The lowest BCUT2D eigenvalue weighted by Crippen LogP contribution is -2.16. The highest BCUT2D eigenvalue weighted by Crippen LogP contribution is 2.36. The number of hydrogen-bond acceptors (Lipinski definition) is 7. The summed E-state index contributed by atoms with van der Waals surface area (Å²) in [6.07, 6.45) is 3.06. The van der Waals surface area contributed by atoms with E-state index in [2.05, 4.69) is 27.4 Å². The third-order valence-corrected chi connectivity index (χ3v) is 6.40. The molecule has 0 spiro atoms. The Labute approximate surface area is 157 Å². The molecule has 1 amide bonds. The predicted octanol–water partition coefficient (Wildman–Crippen LogP) is 3.14. The van der Waals surface area contributed by atoms with Gasteiger partial charge in [0.1, 0.15) is 10.6 Å². The highest BCUT2D eigenvalue weighted by atomic mass is 32.2. The molecule has 3 aromatic rings. The quantitative estimate of drug-likeness (QED) is 0.524. The number of aryl methyl sites for hydroxylation is 2. The molecule has 7 nitrogen and oxygen atoms in total. The highest BCUT2D eigenvalue weighted by molar-refractivity contribution is 7.99. The molecule has 26 heavy (non-hydrogen) atoms. The minimum absolute atomic E-state index is 0.114. The third kappa shape index (κ3) is 3.41. The molecule has 3 heterocycles. The average Bonchev–Trinajstić information content (AvgIpc) is 3.15. The lowest BCUT2D eigenvalue weighted by molar-refractivity contribution is -0.113. The molecule has 9 heteroatoms. The standard InChI is InChI=1S/C17H18N4O3S2/c1-8-3-4-10-11(5-8)26-16-14(10)15(23)19-17(20-16)25-7-13(22)18-12-6-9(2)24-21-12/h6,8H,3-5,7H2,1-2H3,(H,18,21,22)(H,19,20,23). The summed E-state index contributed by atoms with van der Waals surface area (Å²) in [5.74, 6) is 1.55. The van der Waals surface area contributed by atoms with Crippen LogP contribution in [0.4, 0.5) is 5.82 Å². The number of thiophene rings is 1. The van der Waals surface area contributed by atoms with E-state index in [0.29, 0.717) is 22.7 Å². The number of aromatic nitrogens is 3. The molecule has 0 saturated carbocycles. The summed E-state index contributed by atoms with van der Waals surface area (Å²) in [6.45, 7) is 3.99. The molecule has 0 bridgehead atoms. The molecule has 2 N–H and O–H groups in total. The average molecular weight is 390 g/mol. The number of hydrogen-bond donors (Lipinski definition) is 2. The molecule has 4 rings (SSSR count). The maximum atomic E-state index is 12.5. The first-order valence-corrected chi connectivity index (χ1v) is 10.2. The van der Waals surface area contributed by atoms with Crippen LogP contribution in [0.5, 0.6) is 0 Å². The van der Waals surface area contributed by atoms with E-state index in [4.69, 9.17) is 4.52 Å². The normalized spacial score (nSPS) is 16.6. The van der Waals surface area contributed by atoms with Gasteiger partial charge in [0.15, 0.2) is 11.0 Å². The van der Waals surface area contributed by atoms with E-state index in [1.165, 1.54) is 16.6 Å². The molecule has 0 aromatic carbocycles. The Morgan fingerprint density at radius 3 is 3.15 bits per heavy atom. The molecule has 136 valence electrons. The number of carbonyl (C=O) groups is 1. The number of H-pyrrole nitrogens is 1. The summed E-state index contributed by atoms with van der Waals surface area (Å²) in [4.78, 5) is 33.9. The van der Waals surface area contributed by atoms with Gasteiger partial charge in [-0.1, -0.05) is 23.8 Å². The van der Waals surface area contributed by atoms with Crippen LogP contribution in [-0.2, 0) is 17.6 Å². The Kier molecular flexibility index (Phi) is 4.58. The zero-order valence-electron chi connectivity index (χ0n) is 14.4. The van der Waals surface area contributed by atoms with Crippen LogP contribution in [0.3, 0.4) is 0 Å². The number of amides is 1. The van der Waals surface area contributed by atoms with Gasteiger partial charge in [0.2, 0.25) is 5.91 Å². The van der Waals surface area contributed by atoms with Crippen molar-refractivity contribution in [2.75, 3.05) is 11.1 Å². The number of nitrogens with one attached hydrogen (secondary N) is 2. The van der Waals surface area contributed by atoms with Crippen molar-refractivity contribution in [3.8, 4) is 0 Å². The van der Waals surface area contributed by atoms with E-state index in [1.807, 2.05) is 0 Å². The largest absolute Gasteiger partial charge is 0.360 e. The molecule has 0 radical (unpaired) electrons. The molecular formula is C17H18N4O3S2. The maximum absolute atomic E-state index is 12.5. The number of aromatic amines is 1. The second-order valence-corrected chi connectivity index (χ2v) is 8.61. The van der Waals surface area contributed by atoms with Crippen molar-refractivity contribution in [1.82, 2.24) is 15.1 Å². The van der Waals surface area contributed by atoms with Crippen molar-refractivity contribution in [2.24, 2.45) is 5.92 Å². The predicted molar refractivity (Wildman–Crippen MR) is 102 cm³/mol. The smallest absolute Gasteiger partial charge is 0.260 e. The van der Waals surface area contributed by atoms with E-state index in [-0.39, 0.29) is 17.2 Å². The molecule has 0 fully saturated rings. The fourth-order valence-corrected chi connectivity index (χ4v) is 5.24. The number of nitrogens with zero attached hydrogens (tertiary/aromatic N) is 2. The van der Waals surface area contributed by atoms with Gasteiger partial charge in [-0.3, -0.25) is 9.59 Å². The number of fused-ring (bicyclic) bond motifs is 3. The summed E-state index contributed by atoms with van der Waals surface area (Å²) in [7, 11) is 0. The Bertz CT molecular complexity index is 1040. The second-order valence-electron chi connectivity index (χ2n) is 6.56. The lowest BCUT2D eigenvalue weighted by atomic mass is 9.89. The summed E-state index contributed by atoms with van der Waals surface area (Å²) >= 11 is 2.80. The fraction of sp³-hybridized carbons (Fsp3) is 0.412. The van der Waals surface area contributed by atoms with Gasteiger partial charge in [-0.2, -0.15) is 0 Å². The fourth-order valence-electron chi connectivity index (χ4n) is 3.14. The number of carbonyl (C=O) groups excluding carboxylic acids is 1. The minimum Gasteiger partial charge on any atom is -0.360 e. The molecule has 1 atom stereocenters. The summed E-state index contributed by atoms with van der Waals surface area (Å²) in [5.41, 5.74) is 1.05. The topological polar surface area (TPSA) is 101 Å². The maximum Gasteiger partial charge on any atom is 0.260 e. The van der Waals surface area contributed by atoms with Crippen molar-refractivity contribution >= 4 is 45.0 Å². The summed E-state index contributed by atoms with van der Waals surface area (Å²) < 4.78 is 4.91. The van der Waals surface area contributed by atoms with E-state index in [9.17, 15) is 9.59 Å². The van der Waals surface area contributed by atoms with Crippen molar-refractivity contribution in [2.45, 2.75) is 38.3 Å². The zero-order chi connectivity index (χ0) is 18.3. The monoisotopic (exact) mass is 390 g/mol. The van der Waals surface area contributed by atoms with Gasteiger partial charge in [-0.05, 0) is 37.7 Å². The van der Waals surface area contributed by atoms with Gasteiger partial charge >= 0.3 is 0 Å². The van der Waals surface area contributed by atoms with Crippen LogP contribution in [0.2, 0.25) is 0 Å². The van der Waals surface area contributed by atoms with Crippen molar-refractivity contribution in [1.29, 1.82) is 0 Å². The molecule has 0 saturated heterocycles. The first kappa shape index (κ1) is 17.3. The van der Waals surface area contributed by atoms with Gasteiger partial charge in [-0.15, -0.1) is 11.3 Å². The lowest BCUT2D eigenvalue weighted by Gasteiger charge is -2.17. The van der Waals surface area contributed by atoms with E-state index >= 15 is 0 Å². The van der Waals surface area contributed by atoms with Crippen LogP contribution in [0, 0.1) is 12.8 Å². The first-order chi connectivity index (χ1) is 12.5. The van der Waals surface area contributed by atoms with Gasteiger partial charge < -0.3 is 14.8 Å². The van der Waals surface area contributed by atoms with Gasteiger partial charge in [0, 0.05) is 10.9 Å². The summed E-state index contributed by atoms with van der Waals surface area (Å²) in [5, 5.41) is 7.55. The van der Waals surface area contributed by atoms with Gasteiger partial charge in [0.05, 0.1) is 11.1 Å². The molecule has 1 aliphatic rings. The molecule has 1 aliphatic carbocycles. The van der Waals surface area contributed by atoms with Gasteiger partial charge in [0.25, 0.3) is 5.56 Å². The number of anilines is 1. The Balaban J connectivity index is 1.50. The van der Waals surface area contributed by atoms with Crippen LogP contribution < -0.4 is 10.9 Å². The Morgan fingerprint density at radius 1 is 1.54 bits per heavy atom. The van der Waals surface area contributed by atoms with E-state index in [0.717, 1.165) is 35.0 Å². The second kappa shape index (κ2) is 6.88. The minimum atomic E-state index is -0.231. The van der Waals surface area contributed by atoms with E-state index in [1.54, 1.807) is 24.3 Å². The van der Waals surface area contributed by atoms with Crippen LogP contribution in [0.15, 0.2) is 20.5 Å². The Morgan fingerprint density at radius 2 is 2.38 bits per heavy atom. The Hall–Kier alpha value is -2.13. The summed E-state index contributed by atoms with van der Waals surface area (Å²) in [6, 6.07) is 1.64. The number of thioether (sulfide) groups is 1. The van der Waals surface area contributed by atoms with Crippen LogP contribution in [0.1, 0.15) is 29.5 Å². The van der Waals surface area contributed by atoms with E-state index < -0.39 is 0 Å². The molecular weight excluding hydrogens is 372 g/mol.